The number of nitrogens with zero attached hydrogens (tertiary/aromatic N) is 2. The van der Waals surface area contributed by atoms with Crippen LogP contribution in [-0.2, 0) is 0 Å². The minimum absolute atomic E-state index is 0.121. The molecule has 0 aliphatic rings. The van der Waals surface area contributed by atoms with Crippen molar-refractivity contribution in [2.75, 3.05) is 6.54 Å². The second-order valence-corrected chi connectivity index (χ2v) is 4.35. The van der Waals surface area contributed by atoms with Crippen LogP contribution in [0, 0.1) is 13.8 Å². The van der Waals surface area contributed by atoms with Crippen molar-refractivity contribution < 1.29 is 5.11 Å². The maximum atomic E-state index is 9.65. The van der Waals surface area contributed by atoms with Crippen LogP contribution in [0.1, 0.15) is 23.1 Å². The summed E-state index contributed by atoms with van der Waals surface area (Å²) in [5.41, 5.74) is 9.69. The van der Waals surface area contributed by atoms with Crippen LogP contribution in [0.4, 0.5) is 0 Å². The molecule has 0 saturated carbocycles. The van der Waals surface area contributed by atoms with Gasteiger partial charge in [-0.1, -0.05) is 12.1 Å². The summed E-state index contributed by atoms with van der Waals surface area (Å²) in [6, 6.07) is 7.99. The van der Waals surface area contributed by atoms with Gasteiger partial charge in [0, 0.05) is 18.3 Å². The number of rotatable bonds is 3. The summed E-state index contributed by atoms with van der Waals surface area (Å²) in [5, 5.41) is 9.65. The van der Waals surface area contributed by atoms with Gasteiger partial charge in [0.15, 0.2) is 5.82 Å². The number of aromatic nitrogens is 2. The van der Waals surface area contributed by atoms with Crippen molar-refractivity contribution in [3.05, 3.63) is 47.4 Å². The van der Waals surface area contributed by atoms with Gasteiger partial charge >= 0.3 is 0 Å². The number of hydrogen-bond donors (Lipinski definition) is 2. The molecule has 0 fully saturated rings. The lowest BCUT2D eigenvalue weighted by Gasteiger charge is -2.09. The summed E-state index contributed by atoms with van der Waals surface area (Å²) in [4.78, 5) is 8.38. The Labute approximate surface area is 107 Å². The fraction of sp³-hybridized carbons (Fsp3) is 0.286. The van der Waals surface area contributed by atoms with Gasteiger partial charge in [0.05, 0.1) is 5.69 Å². The number of benzene rings is 1. The number of aliphatic hydroxyl groups excluding tert-OH is 1. The van der Waals surface area contributed by atoms with Gasteiger partial charge < -0.3 is 10.8 Å². The number of hydrogen-bond acceptors (Lipinski definition) is 4. The summed E-state index contributed by atoms with van der Waals surface area (Å²) in [5.74, 6) is 0.369. The highest BCUT2D eigenvalue weighted by Crippen LogP contribution is 2.21. The van der Waals surface area contributed by atoms with Gasteiger partial charge in [-0.15, -0.1) is 0 Å². The maximum absolute atomic E-state index is 9.65. The lowest BCUT2D eigenvalue weighted by molar-refractivity contribution is 0.176. The van der Waals surface area contributed by atoms with E-state index in [-0.39, 0.29) is 6.54 Å². The minimum atomic E-state index is -0.809. The predicted molar refractivity (Wildman–Crippen MR) is 71.0 cm³/mol. The molecule has 0 radical (unpaired) electrons. The maximum Gasteiger partial charge on any atom is 0.158 e. The molecule has 4 nitrogen and oxygen atoms in total. The van der Waals surface area contributed by atoms with Crippen LogP contribution in [0.25, 0.3) is 11.3 Å². The van der Waals surface area contributed by atoms with Crippen molar-refractivity contribution >= 4 is 0 Å². The highest BCUT2D eigenvalue weighted by atomic mass is 16.3. The number of aliphatic hydroxyl groups is 1. The Morgan fingerprint density at radius 3 is 2.67 bits per heavy atom. The molecule has 18 heavy (non-hydrogen) atoms. The first-order valence-corrected chi connectivity index (χ1v) is 5.90. The van der Waals surface area contributed by atoms with Crippen LogP contribution in [-0.4, -0.2) is 21.6 Å². The molecule has 4 heteroatoms. The van der Waals surface area contributed by atoms with Crippen LogP contribution in [0.15, 0.2) is 30.5 Å². The molecule has 0 aliphatic heterocycles. The van der Waals surface area contributed by atoms with Gasteiger partial charge in [0.1, 0.15) is 6.10 Å². The fourth-order valence-corrected chi connectivity index (χ4v) is 1.70. The lowest BCUT2D eigenvalue weighted by atomic mass is 10.0. The monoisotopic (exact) mass is 243 g/mol. The van der Waals surface area contributed by atoms with Gasteiger partial charge in [-0.05, 0) is 37.1 Å². The van der Waals surface area contributed by atoms with Crippen LogP contribution < -0.4 is 5.73 Å². The zero-order valence-electron chi connectivity index (χ0n) is 10.6. The third-order valence-corrected chi connectivity index (χ3v) is 3.00. The molecule has 2 rings (SSSR count). The molecular weight excluding hydrogens is 226 g/mol. The van der Waals surface area contributed by atoms with E-state index in [0.717, 1.165) is 11.3 Å². The van der Waals surface area contributed by atoms with E-state index in [4.69, 9.17) is 5.73 Å². The quantitative estimate of drug-likeness (QED) is 0.861. The molecule has 1 atom stereocenters. The van der Waals surface area contributed by atoms with Crippen molar-refractivity contribution in [2.24, 2.45) is 5.73 Å². The van der Waals surface area contributed by atoms with Crippen molar-refractivity contribution in [3.63, 3.8) is 0 Å². The fourth-order valence-electron chi connectivity index (χ4n) is 1.70. The molecule has 0 bridgehead atoms. The normalized spacial score (nSPS) is 12.4. The molecule has 94 valence electrons. The van der Waals surface area contributed by atoms with Gasteiger partial charge in [0.25, 0.3) is 0 Å². The van der Waals surface area contributed by atoms with E-state index in [1.807, 2.05) is 12.1 Å². The Morgan fingerprint density at radius 1 is 1.22 bits per heavy atom. The average molecular weight is 243 g/mol. The first kappa shape index (κ1) is 12.7. The van der Waals surface area contributed by atoms with Crippen molar-refractivity contribution in [1.82, 2.24) is 9.97 Å². The van der Waals surface area contributed by atoms with Crippen molar-refractivity contribution in [3.8, 4) is 11.3 Å². The van der Waals surface area contributed by atoms with Gasteiger partial charge in [0.2, 0.25) is 0 Å². The average Bonchev–Trinajstić information content (AvgIpc) is 2.41. The summed E-state index contributed by atoms with van der Waals surface area (Å²) in [7, 11) is 0. The second-order valence-electron chi connectivity index (χ2n) is 4.35. The summed E-state index contributed by atoms with van der Waals surface area (Å²) in [6.45, 7) is 4.26. The first-order chi connectivity index (χ1) is 8.61. The number of aryl methyl sites for hydroxylation is 2. The van der Waals surface area contributed by atoms with Gasteiger partial charge in [-0.3, -0.25) is 0 Å². The van der Waals surface area contributed by atoms with E-state index in [2.05, 4.69) is 35.9 Å². The second kappa shape index (κ2) is 5.25. The largest absolute Gasteiger partial charge is 0.384 e. The van der Waals surface area contributed by atoms with E-state index >= 15 is 0 Å². The van der Waals surface area contributed by atoms with E-state index in [9.17, 15) is 5.11 Å². The Morgan fingerprint density at radius 2 is 2.00 bits per heavy atom. The summed E-state index contributed by atoms with van der Waals surface area (Å²) >= 11 is 0. The van der Waals surface area contributed by atoms with Gasteiger partial charge in [-0.25, -0.2) is 9.97 Å². The smallest absolute Gasteiger partial charge is 0.158 e. The zero-order valence-corrected chi connectivity index (χ0v) is 10.6. The van der Waals surface area contributed by atoms with E-state index < -0.39 is 6.10 Å². The first-order valence-electron chi connectivity index (χ1n) is 5.90. The summed E-state index contributed by atoms with van der Waals surface area (Å²) < 4.78 is 0. The lowest BCUT2D eigenvalue weighted by Crippen LogP contribution is -2.14. The van der Waals surface area contributed by atoms with E-state index in [1.54, 1.807) is 6.20 Å². The van der Waals surface area contributed by atoms with Gasteiger partial charge in [-0.2, -0.15) is 0 Å². The Hall–Kier alpha value is -1.78. The third kappa shape index (κ3) is 2.55. The van der Waals surface area contributed by atoms with Crippen LogP contribution in [0.3, 0.4) is 0 Å². The van der Waals surface area contributed by atoms with Crippen LogP contribution in [0.2, 0.25) is 0 Å². The molecule has 1 unspecified atom stereocenters. The predicted octanol–water partition coefficient (Wildman–Crippen LogP) is 1.75. The van der Waals surface area contributed by atoms with Crippen LogP contribution >= 0.6 is 0 Å². The van der Waals surface area contributed by atoms with Crippen molar-refractivity contribution in [1.29, 1.82) is 0 Å². The van der Waals surface area contributed by atoms with Crippen molar-refractivity contribution in [2.45, 2.75) is 20.0 Å². The Balaban J connectivity index is 2.41. The van der Waals surface area contributed by atoms with E-state index in [0.29, 0.717) is 5.82 Å². The molecule has 0 amide bonds. The van der Waals surface area contributed by atoms with E-state index in [1.165, 1.54) is 11.1 Å². The molecular formula is C14H17N3O. The number of nitrogens with two attached hydrogens (primary N) is 1. The minimum Gasteiger partial charge on any atom is -0.384 e. The van der Waals surface area contributed by atoms with Crippen LogP contribution in [0.5, 0.6) is 0 Å². The Kier molecular flexibility index (Phi) is 3.69. The topological polar surface area (TPSA) is 72.0 Å². The summed E-state index contributed by atoms with van der Waals surface area (Å²) in [6.07, 6.45) is 0.836. The highest BCUT2D eigenvalue weighted by molar-refractivity contribution is 5.60. The highest BCUT2D eigenvalue weighted by Gasteiger charge is 2.10. The zero-order chi connectivity index (χ0) is 13.1. The third-order valence-electron chi connectivity index (χ3n) is 3.00. The molecule has 0 spiro atoms. The standard InChI is InChI=1S/C14H17N3O/c1-9-3-4-11(7-10(9)2)12-5-6-16-14(17-12)13(18)8-15/h3-7,13,18H,8,15H2,1-2H3. The molecule has 1 heterocycles. The molecule has 0 aliphatic carbocycles. The molecule has 0 saturated heterocycles. The Bertz CT molecular complexity index is 554. The molecule has 3 N–H and O–H groups in total. The SMILES string of the molecule is Cc1ccc(-c2ccnc(C(O)CN)n2)cc1C. The molecule has 1 aromatic carbocycles. The molecule has 1 aromatic heterocycles. The molecule has 2 aromatic rings.